The highest BCUT2D eigenvalue weighted by atomic mass is 16.3. The number of aryl methyl sites for hydroxylation is 1. The van der Waals surface area contributed by atoms with Crippen molar-refractivity contribution < 1.29 is 5.11 Å². The number of nitrogens with one attached hydrogen (secondary N) is 1. The third-order valence-corrected chi connectivity index (χ3v) is 4.58. The highest BCUT2D eigenvalue weighted by molar-refractivity contribution is 5.40. The van der Waals surface area contributed by atoms with E-state index < -0.39 is 0 Å². The zero-order valence-corrected chi connectivity index (χ0v) is 11.7. The van der Waals surface area contributed by atoms with Crippen LogP contribution in [-0.4, -0.2) is 36.7 Å². The zero-order chi connectivity index (χ0) is 13.2. The molecule has 19 heavy (non-hydrogen) atoms. The van der Waals surface area contributed by atoms with Gasteiger partial charge in [0.05, 0.1) is 0 Å². The van der Waals surface area contributed by atoms with E-state index in [0.717, 1.165) is 18.9 Å². The molecule has 1 saturated heterocycles. The molecule has 2 N–H and O–H groups in total. The van der Waals surface area contributed by atoms with E-state index >= 15 is 0 Å². The molecule has 3 nitrogen and oxygen atoms in total. The molecule has 1 aromatic carbocycles. The predicted molar refractivity (Wildman–Crippen MR) is 77.4 cm³/mol. The lowest BCUT2D eigenvalue weighted by Crippen LogP contribution is -2.38. The van der Waals surface area contributed by atoms with Gasteiger partial charge in [-0.15, -0.1) is 0 Å². The molecule has 0 spiro atoms. The van der Waals surface area contributed by atoms with E-state index in [1.807, 2.05) is 12.1 Å². The fourth-order valence-electron chi connectivity index (χ4n) is 3.56. The average Bonchev–Trinajstić information content (AvgIpc) is 2.78. The first-order valence-corrected chi connectivity index (χ1v) is 7.46. The van der Waals surface area contributed by atoms with Crippen molar-refractivity contribution in [2.45, 2.75) is 31.7 Å². The van der Waals surface area contributed by atoms with Gasteiger partial charge < -0.3 is 15.3 Å². The number of fused-ring (bicyclic) bond motifs is 1. The Morgan fingerprint density at radius 2 is 2.26 bits per heavy atom. The van der Waals surface area contributed by atoms with Crippen LogP contribution < -0.4 is 5.32 Å². The van der Waals surface area contributed by atoms with E-state index in [9.17, 15) is 5.11 Å². The monoisotopic (exact) mass is 260 g/mol. The van der Waals surface area contributed by atoms with Crippen LogP contribution in [0.4, 0.5) is 0 Å². The van der Waals surface area contributed by atoms with Crippen molar-refractivity contribution in [1.82, 2.24) is 10.2 Å². The zero-order valence-electron chi connectivity index (χ0n) is 11.7. The largest absolute Gasteiger partial charge is 0.508 e. The molecule has 1 aliphatic carbocycles. The summed E-state index contributed by atoms with van der Waals surface area (Å²) in [4.78, 5) is 2.44. The fourth-order valence-corrected chi connectivity index (χ4v) is 3.56. The molecule has 0 radical (unpaired) electrons. The Labute approximate surface area is 115 Å². The Kier molecular flexibility index (Phi) is 3.76. The molecule has 0 bridgehead atoms. The SMILES string of the molecule is CN1CCCC(CNC2CCc3cc(O)ccc32)C1. The molecule has 0 saturated carbocycles. The summed E-state index contributed by atoms with van der Waals surface area (Å²) in [6.45, 7) is 3.60. The van der Waals surface area contributed by atoms with Crippen molar-refractivity contribution in [3.05, 3.63) is 29.3 Å². The van der Waals surface area contributed by atoms with Gasteiger partial charge in [0.1, 0.15) is 5.75 Å². The minimum Gasteiger partial charge on any atom is -0.508 e. The Balaban J connectivity index is 1.57. The fraction of sp³-hybridized carbons (Fsp3) is 0.625. The molecule has 2 atom stereocenters. The topological polar surface area (TPSA) is 35.5 Å². The highest BCUT2D eigenvalue weighted by Gasteiger charge is 2.24. The van der Waals surface area contributed by atoms with E-state index in [1.165, 1.54) is 43.5 Å². The number of piperidine rings is 1. The second-order valence-electron chi connectivity index (χ2n) is 6.15. The van der Waals surface area contributed by atoms with Crippen LogP contribution in [0.2, 0.25) is 0 Å². The van der Waals surface area contributed by atoms with Gasteiger partial charge >= 0.3 is 0 Å². The van der Waals surface area contributed by atoms with Crippen molar-refractivity contribution >= 4 is 0 Å². The predicted octanol–water partition coefficient (Wildman–Crippen LogP) is 2.31. The number of phenolic OH excluding ortho intramolecular Hbond substituents is 1. The van der Waals surface area contributed by atoms with Gasteiger partial charge in [-0.2, -0.15) is 0 Å². The molecule has 2 aliphatic rings. The second kappa shape index (κ2) is 5.51. The Hall–Kier alpha value is -1.06. The molecule has 2 unspecified atom stereocenters. The van der Waals surface area contributed by atoms with Crippen molar-refractivity contribution in [2.75, 3.05) is 26.7 Å². The molecule has 0 aromatic heterocycles. The molecule has 1 aromatic rings. The van der Waals surface area contributed by atoms with Gasteiger partial charge in [-0.1, -0.05) is 6.07 Å². The Bertz CT molecular complexity index is 446. The number of aromatic hydroxyl groups is 1. The van der Waals surface area contributed by atoms with Crippen LogP contribution in [0.1, 0.15) is 36.4 Å². The average molecular weight is 260 g/mol. The first-order valence-electron chi connectivity index (χ1n) is 7.46. The summed E-state index contributed by atoms with van der Waals surface area (Å²) in [5.74, 6) is 1.19. The van der Waals surface area contributed by atoms with Gasteiger partial charge in [-0.3, -0.25) is 0 Å². The maximum Gasteiger partial charge on any atom is 0.115 e. The smallest absolute Gasteiger partial charge is 0.115 e. The summed E-state index contributed by atoms with van der Waals surface area (Å²) < 4.78 is 0. The van der Waals surface area contributed by atoms with E-state index in [1.54, 1.807) is 0 Å². The van der Waals surface area contributed by atoms with Crippen LogP contribution in [0.25, 0.3) is 0 Å². The molecular weight excluding hydrogens is 236 g/mol. The normalized spacial score (nSPS) is 27.4. The lowest BCUT2D eigenvalue weighted by atomic mass is 9.97. The minimum absolute atomic E-state index is 0.397. The first-order chi connectivity index (χ1) is 9.22. The summed E-state index contributed by atoms with van der Waals surface area (Å²) in [5, 5.41) is 13.3. The van der Waals surface area contributed by atoms with Crippen molar-refractivity contribution in [2.24, 2.45) is 5.92 Å². The van der Waals surface area contributed by atoms with Gasteiger partial charge in [-0.05, 0) is 75.0 Å². The van der Waals surface area contributed by atoms with Gasteiger partial charge in [0.2, 0.25) is 0 Å². The second-order valence-corrected chi connectivity index (χ2v) is 6.15. The van der Waals surface area contributed by atoms with Crippen molar-refractivity contribution in [3.8, 4) is 5.75 Å². The summed E-state index contributed by atoms with van der Waals surface area (Å²) in [5.41, 5.74) is 2.71. The quantitative estimate of drug-likeness (QED) is 0.875. The summed E-state index contributed by atoms with van der Waals surface area (Å²) in [6, 6.07) is 6.31. The van der Waals surface area contributed by atoms with Crippen molar-refractivity contribution in [1.29, 1.82) is 0 Å². The first kappa shape index (κ1) is 12.9. The molecule has 3 heteroatoms. The van der Waals surface area contributed by atoms with Crippen LogP contribution in [0.5, 0.6) is 5.75 Å². The number of likely N-dealkylation sites (tertiary alicyclic amines) is 1. The van der Waals surface area contributed by atoms with E-state index in [-0.39, 0.29) is 0 Å². The molecule has 0 amide bonds. The van der Waals surface area contributed by atoms with Crippen molar-refractivity contribution in [3.63, 3.8) is 0 Å². The Morgan fingerprint density at radius 3 is 3.11 bits per heavy atom. The van der Waals surface area contributed by atoms with Gasteiger partial charge in [0.25, 0.3) is 0 Å². The van der Waals surface area contributed by atoms with Crippen LogP contribution >= 0.6 is 0 Å². The number of phenols is 1. The van der Waals surface area contributed by atoms with Crippen LogP contribution in [0.3, 0.4) is 0 Å². The highest BCUT2D eigenvalue weighted by Crippen LogP contribution is 2.33. The summed E-state index contributed by atoms with van der Waals surface area (Å²) in [7, 11) is 2.22. The number of nitrogens with zero attached hydrogens (tertiary/aromatic N) is 1. The number of benzene rings is 1. The van der Waals surface area contributed by atoms with Gasteiger partial charge in [-0.25, -0.2) is 0 Å². The molecule has 1 heterocycles. The van der Waals surface area contributed by atoms with Crippen LogP contribution in [0.15, 0.2) is 18.2 Å². The van der Waals surface area contributed by atoms with E-state index in [4.69, 9.17) is 0 Å². The standard InChI is InChI=1S/C16H24N2O/c1-18-8-2-3-12(11-18)10-17-16-7-4-13-9-14(19)5-6-15(13)16/h5-6,9,12,16-17,19H,2-4,7-8,10-11H2,1H3. The molecule has 1 fully saturated rings. The lowest BCUT2D eigenvalue weighted by Gasteiger charge is -2.30. The van der Waals surface area contributed by atoms with Crippen LogP contribution in [0, 0.1) is 5.92 Å². The third kappa shape index (κ3) is 2.93. The number of rotatable bonds is 3. The van der Waals surface area contributed by atoms with E-state index in [2.05, 4.69) is 23.3 Å². The molecule has 1 aliphatic heterocycles. The summed E-state index contributed by atoms with van der Waals surface area (Å²) >= 11 is 0. The van der Waals surface area contributed by atoms with E-state index in [0.29, 0.717) is 11.8 Å². The number of hydrogen-bond acceptors (Lipinski definition) is 3. The van der Waals surface area contributed by atoms with Gasteiger partial charge in [0, 0.05) is 12.6 Å². The Morgan fingerprint density at radius 1 is 1.37 bits per heavy atom. The maximum absolute atomic E-state index is 9.52. The minimum atomic E-state index is 0.397. The lowest BCUT2D eigenvalue weighted by molar-refractivity contribution is 0.202. The molecule has 3 rings (SSSR count). The molecular formula is C16H24N2O. The van der Waals surface area contributed by atoms with Gasteiger partial charge in [0.15, 0.2) is 0 Å². The third-order valence-electron chi connectivity index (χ3n) is 4.58. The maximum atomic E-state index is 9.52. The molecule has 104 valence electrons. The summed E-state index contributed by atoms with van der Waals surface area (Å²) in [6.07, 6.45) is 4.94. The van der Waals surface area contributed by atoms with Crippen LogP contribution in [-0.2, 0) is 6.42 Å². The number of hydrogen-bond donors (Lipinski definition) is 2.